The summed E-state index contributed by atoms with van der Waals surface area (Å²) in [6.07, 6.45) is 31.9. The van der Waals surface area contributed by atoms with Crippen LogP contribution in [0.3, 0.4) is 0 Å². The molecule has 4 saturated heterocycles. The molecule has 0 radical (unpaired) electrons. The third kappa shape index (κ3) is 22.0. The number of aryl methyl sites for hydroxylation is 4. The first-order chi connectivity index (χ1) is 57.3. The summed E-state index contributed by atoms with van der Waals surface area (Å²) in [5.41, 5.74) is 21.4. The first-order valence-corrected chi connectivity index (χ1v) is 44.9. The molecule has 18 heteroatoms. The molecule has 3 unspecified atom stereocenters. The highest BCUT2D eigenvalue weighted by Gasteiger charge is 2.35. The first kappa shape index (κ1) is 85.3. The van der Waals surface area contributed by atoms with Gasteiger partial charge in [0.25, 0.3) is 0 Å². The van der Waals surface area contributed by atoms with E-state index in [1.165, 1.54) is 145 Å². The largest absolute Gasteiger partial charge is 0.464 e. The lowest BCUT2D eigenvalue weighted by atomic mass is 9.79. The number of hydrogen-bond acceptors (Lipinski definition) is 9. The third-order valence-corrected chi connectivity index (χ3v) is 26.0. The van der Waals surface area contributed by atoms with Crippen LogP contribution in [0.2, 0.25) is 20.1 Å². The SMILES string of the molecule is CN1CCC(/C=C/c2nc3cc(-c4ccco4)ccc3n2Cc2ccc(Cl)cc2)C1.Cc1cc2nc(/C=C/C3CCCN3C)n(Cc3ccc(Cl)cc3)c2cc1C.Cc1cc2nc(C=C3CC(C)(C)NC(C)(C)C3)n(Cc3ccc(Cl)cc3)c2cc1C.Clc1ccc(Cn2c(/C=C/C3CCN(CC4CCCCC4)C3)nc3cc(Br)ccc32)cc1. The van der Waals surface area contributed by atoms with Gasteiger partial charge in [0.05, 0.1) is 50.4 Å². The molecule has 0 amide bonds. The van der Waals surface area contributed by atoms with E-state index in [0.717, 1.165) is 150 Å². The first-order valence-electron chi connectivity index (χ1n) is 42.6. The summed E-state index contributed by atoms with van der Waals surface area (Å²) in [6.45, 7) is 28.0. The summed E-state index contributed by atoms with van der Waals surface area (Å²) in [4.78, 5) is 27.4. The second-order valence-corrected chi connectivity index (χ2v) is 38.0. The standard InChI is InChI=1S/C27H31BrClN3.C26H32ClN3.C25H24ClN3O.C23H26ClN3/c28-23-9-12-26-25(16-23)30-27(32(26)19-21-6-10-24(29)11-7-21)13-8-22-14-15-31(18-22)17-20-4-2-1-3-5-20;1-17-11-22-23(12-18(17)2)30(16-19-7-9-21(27)10-8-19)24(28-22)13-20-14-25(3,4)29-26(5,6)15-20;1-28-13-12-19(16-28)6-11-25-27-22-15-20(24-3-2-14-30-24)7-10-23(22)29(25)17-18-4-8-21(26)9-5-18;1-16-13-21-22(14-17(16)2)27(15-18-6-8-19(24)9-7-18)23(25-21)11-10-20-5-4-12-26(20)3/h6-13,16,20,22H,1-5,14-15,17-19H2;7-13,29H,14-16H2,1-6H3;2-11,14-15,19H,12-13,16-17H2,1H3;6-11,13-14,20H,4-5,12,15H2,1-3H3/b13-8+;;11-6+;11-10+. The van der Waals surface area contributed by atoms with Crippen LogP contribution in [0.1, 0.15) is 166 Å². The molecule has 1 saturated carbocycles. The van der Waals surface area contributed by atoms with Crippen molar-refractivity contribution in [2.24, 2.45) is 17.8 Å². The van der Waals surface area contributed by atoms with Crippen LogP contribution in [0.15, 0.2) is 209 Å². The molecule has 5 aliphatic rings. The molecule has 0 bridgehead atoms. The van der Waals surface area contributed by atoms with E-state index in [2.05, 4.69) is 275 Å². The van der Waals surface area contributed by atoms with E-state index in [4.69, 9.17) is 70.8 Å². The average Bonchev–Trinajstić information content (AvgIpc) is 1.62. The van der Waals surface area contributed by atoms with Gasteiger partial charge in [-0.15, -0.1) is 0 Å². The molecule has 5 fully saturated rings. The summed E-state index contributed by atoms with van der Waals surface area (Å²) < 4.78 is 15.9. The van der Waals surface area contributed by atoms with Crippen LogP contribution in [0.5, 0.6) is 0 Å². The van der Waals surface area contributed by atoms with Gasteiger partial charge in [0.1, 0.15) is 29.1 Å². The summed E-state index contributed by atoms with van der Waals surface area (Å²) in [7, 11) is 4.38. The Morgan fingerprint density at radius 3 is 1.38 bits per heavy atom. The molecule has 1 aliphatic carbocycles. The van der Waals surface area contributed by atoms with E-state index in [1.54, 1.807) is 6.26 Å². The molecular formula is C101H113BrCl4N12O. The predicted molar refractivity (Wildman–Crippen MR) is 503 cm³/mol. The highest BCUT2D eigenvalue weighted by Crippen LogP contribution is 2.37. The quantitative estimate of drug-likeness (QED) is 0.0899. The second kappa shape index (κ2) is 38.2. The average molecular weight is 1730 g/mol. The number of likely N-dealkylation sites (tertiary alicyclic amines) is 3. The number of nitrogens with zero attached hydrogens (tertiary/aromatic N) is 11. The Morgan fingerprint density at radius 2 is 0.899 bits per heavy atom. The fourth-order valence-corrected chi connectivity index (χ4v) is 19.1. The lowest BCUT2D eigenvalue weighted by Gasteiger charge is -2.44. The maximum Gasteiger partial charge on any atom is 0.134 e. The van der Waals surface area contributed by atoms with Crippen LogP contribution in [0.4, 0.5) is 0 Å². The molecule has 9 heterocycles. The Bertz CT molecular complexity index is 5760. The van der Waals surface area contributed by atoms with Gasteiger partial charge in [-0.2, -0.15) is 0 Å². The number of piperidine rings is 1. The predicted octanol–water partition coefficient (Wildman–Crippen LogP) is 25.5. The topological polar surface area (TPSA) is 106 Å². The van der Waals surface area contributed by atoms with Crippen molar-refractivity contribution in [2.75, 3.05) is 53.4 Å². The highest BCUT2D eigenvalue weighted by atomic mass is 79.9. The van der Waals surface area contributed by atoms with E-state index < -0.39 is 0 Å². The molecule has 8 aromatic carbocycles. The van der Waals surface area contributed by atoms with Crippen LogP contribution in [-0.2, 0) is 26.2 Å². The van der Waals surface area contributed by atoms with Gasteiger partial charge < -0.3 is 37.8 Å². The number of nitrogens with one attached hydrogen (secondary N) is 1. The van der Waals surface area contributed by atoms with Crippen LogP contribution in [0, 0.1) is 45.4 Å². The van der Waals surface area contributed by atoms with Crippen molar-refractivity contribution >= 4 is 131 Å². The lowest BCUT2D eigenvalue weighted by molar-refractivity contribution is 0.224. The molecule has 119 heavy (non-hydrogen) atoms. The Morgan fingerprint density at radius 1 is 0.454 bits per heavy atom. The van der Waals surface area contributed by atoms with Gasteiger partial charge >= 0.3 is 0 Å². The molecule has 18 rings (SSSR count). The van der Waals surface area contributed by atoms with E-state index in [9.17, 15) is 0 Å². The van der Waals surface area contributed by atoms with Crippen molar-refractivity contribution in [1.82, 2.24) is 58.2 Å². The number of halogens is 5. The highest BCUT2D eigenvalue weighted by molar-refractivity contribution is 9.10. The summed E-state index contributed by atoms with van der Waals surface area (Å²) in [5, 5.41) is 6.83. The van der Waals surface area contributed by atoms with Crippen LogP contribution in [0.25, 0.3) is 79.8 Å². The van der Waals surface area contributed by atoms with Crippen molar-refractivity contribution < 1.29 is 4.42 Å². The van der Waals surface area contributed by atoms with Gasteiger partial charge in [0.15, 0.2) is 0 Å². The van der Waals surface area contributed by atoms with Gasteiger partial charge in [-0.3, -0.25) is 4.90 Å². The Kier molecular flexibility index (Phi) is 27.4. The van der Waals surface area contributed by atoms with E-state index in [1.807, 2.05) is 60.7 Å². The number of likely N-dealkylation sites (N-methyl/N-ethyl adjacent to an activating group) is 1. The molecule has 5 aromatic heterocycles. The van der Waals surface area contributed by atoms with Crippen molar-refractivity contribution in [1.29, 1.82) is 0 Å². The molecule has 4 aliphatic heterocycles. The molecule has 13 aromatic rings. The minimum atomic E-state index is 0.0772. The van der Waals surface area contributed by atoms with Crippen LogP contribution in [-0.4, -0.2) is 123 Å². The monoisotopic (exact) mass is 1730 g/mol. The minimum Gasteiger partial charge on any atom is -0.464 e. The smallest absolute Gasteiger partial charge is 0.134 e. The van der Waals surface area contributed by atoms with E-state index in [0.29, 0.717) is 17.9 Å². The van der Waals surface area contributed by atoms with Gasteiger partial charge in [-0.1, -0.05) is 154 Å². The number of aromatic nitrogens is 8. The minimum absolute atomic E-state index is 0.0772. The zero-order chi connectivity index (χ0) is 83.1. The molecule has 0 spiro atoms. The van der Waals surface area contributed by atoms with Crippen molar-refractivity contribution in [3.05, 3.63) is 292 Å². The zero-order valence-electron chi connectivity index (χ0n) is 70.7. The third-order valence-electron chi connectivity index (χ3n) is 24.5. The van der Waals surface area contributed by atoms with Gasteiger partial charge in [-0.25, -0.2) is 19.9 Å². The Hall–Kier alpha value is -8.64. The second-order valence-electron chi connectivity index (χ2n) is 35.3. The van der Waals surface area contributed by atoms with E-state index in [-0.39, 0.29) is 11.1 Å². The van der Waals surface area contributed by atoms with Crippen molar-refractivity contribution in [3.8, 4) is 11.3 Å². The maximum atomic E-state index is 6.11. The Balaban J connectivity index is 0.000000124. The van der Waals surface area contributed by atoms with E-state index >= 15 is 0 Å². The van der Waals surface area contributed by atoms with Gasteiger partial charge in [0, 0.05) is 93.1 Å². The summed E-state index contributed by atoms with van der Waals surface area (Å²) >= 11 is 27.9. The summed E-state index contributed by atoms with van der Waals surface area (Å²) in [5.74, 6) is 7.04. The zero-order valence-corrected chi connectivity index (χ0v) is 75.3. The molecule has 13 nitrogen and oxygen atoms in total. The normalized spacial score (nSPS) is 18.6. The number of fused-ring (bicyclic) bond motifs is 4. The molecule has 1 N–H and O–H groups in total. The van der Waals surface area contributed by atoms with Gasteiger partial charge in [0.2, 0.25) is 0 Å². The molecule has 3 atom stereocenters. The fourth-order valence-electron chi connectivity index (χ4n) is 18.3. The number of rotatable bonds is 18. The number of imidazole rings is 4. The maximum absolute atomic E-state index is 6.11. The molecular weight excluding hydrogens is 1620 g/mol. The fraction of sp³-hybridized carbons (Fsp3) is 0.366. The molecule has 618 valence electrons. The van der Waals surface area contributed by atoms with Crippen molar-refractivity contribution in [2.45, 2.75) is 169 Å². The van der Waals surface area contributed by atoms with Crippen LogP contribution >= 0.6 is 62.3 Å². The Labute approximate surface area is 732 Å². The van der Waals surface area contributed by atoms with Crippen LogP contribution < -0.4 is 5.32 Å². The lowest BCUT2D eigenvalue weighted by Crippen LogP contribution is -2.55. The van der Waals surface area contributed by atoms with Gasteiger partial charge in [-0.05, 0) is 348 Å². The number of furan rings is 1. The summed E-state index contributed by atoms with van der Waals surface area (Å²) in [6, 6.07) is 58.4. The number of benzene rings is 8. The van der Waals surface area contributed by atoms with Crippen molar-refractivity contribution in [3.63, 3.8) is 0 Å². The number of hydrogen-bond donors (Lipinski definition) is 1.